The van der Waals surface area contributed by atoms with Crippen molar-refractivity contribution in [1.82, 2.24) is 0 Å². The highest BCUT2D eigenvalue weighted by atomic mass is 19.1. The highest BCUT2D eigenvalue weighted by molar-refractivity contribution is 5.47. The topological polar surface area (TPSA) is 29.3 Å². The first kappa shape index (κ1) is 11.0. The molecule has 0 aliphatic heterocycles. The lowest BCUT2D eigenvalue weighted by Crippen LogP contribution is -2.35. The minimum absolute atomic E-state index is 0.204. The molecule has 0 aliphatic rings. The maximum absolute atomic E-state index is 12.7. The van der Waals surface area contributed by atoms with Gasteiger partial charge in [0.2, 0.25) is 0 Å². The van der Waals surface area contributed by atoms with Crippen LogP contribution < -0.4 is 10.6 Å². The van der Waals surface area contributed by atoms with Gasteiger partial charge in [0.05, 0.1) is 0 Å². The third-order valence-corrected chi connectivity index (χ3v) is 2.15. The van der Waals surface area contributed by atoms with Crippen molar-refractivity contribution < 1.29 is 4.39 Å². The number of anilines is 1. The van der Waals surface area contributed by atoms with Gasteiger partial charge in [-0.3, -0.25) is 0 Å². The summed E-state index contributed by atoms with van der Waals surface area (Å²) in [6, 6.07) is 6.89. The van der Waals surface area contributed by atoms with E-state index in [1.54, 1.807) is 12.1 Å². The first-order valence-electron chi connectivity index (χ1n) is 4.87. The molecular weight excluding hydrogens is 179 g/mol. The molecule has 0 bridgehead atoms. The summed E-state index contributed by atoms with van der Waals surface area (Å²) in [5.41, 5.74) is 6.54. The van der Waals surface area contributed by atoms with Gasteiger partial charge in [-0.1, -0.05) is 0 Å². The summed E-state index contributed by atoms with van der Waals surface area (Å²) < 4.78 is 12.7. The first-order valence-corrected chi connectivity index (χ1v) is 4.87. The number of nitrogens with zero attached hydrogens (tertiary/aromatic N) is 1. The van der Waals surface area contributed by atoms with E-state index in [-0.39, 0.29) is 5.82 Å². The molecular formula is C11H17FN2. The number of hydrogen-bond acceptors (Lipinski definition) is 2. The Balaban J connectivity index is 2.82. The summed E-state index contributed by atoms with van der Waals surface area (Å²) in [4.78, 5) is 2.15. The third kappa shape index (κ3) is 2.70. The van der Waals surface area contributed by atoms with E-state index in [0.29, 0.717) is 12.6 Å². The van der Waals surface area contributed by atoms with Crippen LogP contribution in [0.3, 0.4) is 0 Å². The van der Waals surface area contributed by atoms with E-state index < -0.39 is 0 Å². The van der Waals surface area contributed by atoms with Crippen molar-refractivity contribution in [2.45, 2.75) is 19.9 Å². The molecule has 0 atom stereocenters. The molecule has 3 heteroatoms. The molecule has 1 aromatic carbocycles. The molecule has 0 spiro atoms. The molecule has 0 unspecified atom stereocenters. The predicted molar refractivity (Wildman–Crippen MR) is 57.9 cm³/mol. The van der Waals surface area contributed by atoms with Crippen molar-refractivity contribution in [3.05, 3.63) is 30.1 Å². The molecule has 0 aromatic heterocycles. The Bertz CT molecular complexity index is 269. The number of halogens is 1. The molecule has 1 rings (SSSR count). The maximum Gasteiger partial charge on any atom is 0.123 e. The van der Waals surface area contributed by atoms with E-state index in [0.717, 1.165) is 12.2 Å². The van der Waals surface area contributed by atoms with Crippen molar-refractivity contribution in [1.29, 1.82) is 0 Å². The summed E-state index contributed by atoms with van der Waals surface area (Å²) in [6.45, 7) is 5.59. The Morgan fingerprint density at radius 2 is 1.86 bits per heavy atom. The van der Waals surface area contributed by atoms with Crippen LogP contribution in [0.15, 0.2) is 24.3 Å². The van der Waals surface area contributed by atoms with Crippen LogP contribution in [0.2, 0.25) is 0 Å². The van der Waals surface area contributed by atoms with Crippen LogP contribution in [0.1, 0.15) is 13.8 Å². The Labute approximate surface area is 84.5 Å². The summed E-state index contributed by atoms with van der Waals surface area (Å²) in [5, 5.41) is 0. The quantitative estimate of drug-likeness (QED) is 0.798. The van der Waals surface area contributed by atoms with Crippen molar-refractivity contribution in [2.75, 3.05) is 18.0 Å². The van der Waals surface area contributed by atoms with Crippen molar-refractivity contribution in [3.8, 4) is 0 Å². The fraction of sp³-hybridized carbons (Fsp3) is 0.455. The molecule has 14 heavy (non-hydrogen) atoms. The van der Waals surface area contributed by atoms with E-state index >= 15 is 0 Å². The zero-order chi connectivity index (χ0) is 10.6. The Hall–Kier alpha value is -1.09. The van der Waals surface area contributed by atoms with Crippen LogP contribution >= 0.6 is 0 Å². The van der Waals surface area contributed by atoms with E-state index in [9.17, 15) is 4.39 Å². The molecule has 2 N–H and O–H groups in total. The summed E-state index contributed by atoms with van der Waals surface area (Å²) in [7, 11) is 0. The zero-order valence-electron chi connectivity index (χ0n) is 8.70. The van der Waals surface area contributed by atoms with E-state index in [1.165, 1.54) is 12.1 Å². The first-order chi connectivity index (χ1) is 6.65. The lowest BCUT2D eigenvalue weighted by atomic mass is 10.2. The SMILES string of the molecule is CC(C)N(CCN)c1ccc(F)cc1. The Kier molecular flexibility index (Phi) is 3.89. The van der Waals surface area contributed by atoms with Crippen molar-refractivity contribution >= 4 is 5.69 Å². The molecule has 0 amide bonds. The van der Waals surface area contributed by atoms with Crippen LogP contribution in [0.5, 0.6) is 0 Å². The van der Waals surface area contributed by atoms with Gasteiger partial charge in [0.15, 0.2) is 0 Å². The highest BCUT2D eigenvalue weighted by Crippen LogP contribution is 2.16. The molecule has 0 radical (unpaired) electrons. The summed E-state index contributed by atoms with van der Waals surface area (Å²) >= 11 is 0. The van der Waals surface area contributed by atoms with Crippen LogP contribution in [0, 0.1) is 5.82 Å². The van der Waals surface area contributed by atoms with Crippen LogP contribution in [-0.2, 0) is 0 Å². The number of hydrogen-bond donors (Lipinski definition) is 1. The second kappa shape index (κ2) is 4.96. The van der Waals surface area contributed by atoms with Gasteiger partial charge in [0.1, 0.15) is 5.82 Å². The van der Waals surface area contributed by atoms with Gasteiger partial charge in [-0.2, -0.15) is 0 Å². The fourth-order valence-corrected chi connectivity index (χ4v) is 1.46. The smallest absolute Gasteiger partial charge is 0.123 e. The van der Waals surface area contributed by atoms with E-state index in [1.807, 2.05) is 0 Å². The largest absolute Gasteiger partial charge is 0.368 e. The van der Waals surface area contributed by atoms with Crippen molar-refractivity contribution in [2.24, 2.45) is 5.73 Å². The number of nitrogens with two attached hydrogens (primary N) is 1. The minimum Gasteiger partial charge on any atom is -0.368 e. The Morgan fingerprint density at radius 1 is 1.29 bits per heavy atom. The lowest BCUT2D eigenvalue weighted by molar-refractivity contribution is 0.626. The molecule has 1 aromatic rings. The zero-order valence-corrected chi connectivity index (χ0v) is 8.70. The molecule has 2 nitrogen and oxygen atoms in total. The van der Waals surface area contributed by atoms with Gasteiger partial charge in [0, 0.05) is 24.8 Å². The van der Waals surface area contributed by atoms with Crippen molar-refractivity contribution in [3.63, 3.8) is 0 Å². The maximum atomic E-state index is 12.7. The van der Waals surface area contributed by atoms with E-state index in [4.69, 9.17) is 5.73 Å². The summed E-state index contributed by atoms with van der Waals surface area (Å²) in [5.74, 6) is -0.204. The van der Waals surface area contributed by atoms with Gasteiger partial charge in [-0.25, -0.2) is 4.39 Å². The normalized spacial score (nSPS) is 10.6. The number of benzene rings is 1. The standard InChI is InChI=1S/C11H17FN2/c1-9(2)14(8-7-13)11-5-3-10(12)4-6-11/h3-6,9H,7-8,13H2,1-2H3. The van der Waals surface area contributed by atoms with Gasteiger partial charge in [0.25, 0.3) is 0 Å². The molecule has 0 heterocycles. The molecule has 78 valence electrons. The molecule has 0 aliphatic carbocycles. The van der Waals surface area contributed by atoms with Crippen LogP contribution in [0.4, 0.5) is 10.1 Å². The van der Waals surface area contributed by atoms with Crippen LogP contribution in [-0.4, -0.2) is 19.1 Å². The van der Waals surface area contributed by atoms with Gasteiger partial charge >= 0.3 is 0 Å². The van der Waals surface area contributed by atoms with Gasteiger partial charge in [-0.05, 0) is 38.1 Å². The van der Waals surface area contributed by atoms with Gasteiger partial charge < -0.3 is 10.6 Å². The second-order valence-corrected chi connectivity index (χ2v) is 3.55. The average molecular weight is 196 g/mol. The molecule has 0 saturated carbocycles. The second-order valence-electron chi connectivity index (χ2n) is 3.55. The monoisotopic (exact) mass is 196 g/mol. The fourth-order valence-electron chi connectivity index (χ4n) is 1.46. The van der Waals surface area contributed by atoms with E-state index in [2.05, 4.69) is 18.7 Å². The number of rotatable bonds is 4. The highest BCUT2D eigenvalue weighted by Gasteiger charge is 2.08. The molecule has 0 fully saturated rings. The van der Waals surface area contributed by atoms with Crippen LogP contribution in [0.25, 0.3) is 0 Å². The van der Waals surface area contributed by atoms with Gasteiger partial charge in [-0.15, -0.1) is 0 Å². The lowest BCUT2D eigenvalue weighted by Gasteiger charge is -2.28. The Morgan fingerprint density at radius 3 is 2.29 bits per heavy atom. The summed E-state index contributed by atoms with van der Waals surface area (Å²) in [6.07, 6.45) is 0. The average Bonchev–Trinajstić information content (AvgIpc) is 2.15. The third-order valence-electron chi connectivity index (χ3n) is 2.15. The molecule has 0 saturated heterocycles. The minimum atomic E-state index is -0.204. The predicted octanol–water partition coefficient (Wildman–Crippen LogP) is 2.00.